The number of Topliss-reactive ketones (excluding diaryl/α,β-unsaturated/α-hetero) is 1. The van der Waals surface area contributed by atoms with E-state index in [-0.39, 0.29) is 15.6 Å². The summed E-state index contributed by atoms with van der Waals surface area (Å²) in [5, 5.41) is 0. The zero-order chi connectivity index (χ0) is 51.2. The lowest BCUT2D eigenvalue weighted by molar-refractivity contribution is -0.120. The Balaban J connectivity index is 0.976. The third-order valence-corrected chi connectivity index (χ3v) is 14.6. The second-order valence-electron chi connectivity index (χ2n) is 16.9. The summed E-state index contributed by atoms with van der Waals surface area (Å²) in [6.07, 6.45) is 13.3. The molecular weight excluding hydrogens is 977 g/mol. The van der Waals surface area contributed by atoms with E-state index >= 15 is 4.79 Å². The van der Waals surface area contributed by atoms with Crippen LogP contribution in [0.5, 0.6) is 23.3 Å². The second kappa shape index (κ2) is 20.8. The Kier molecular flexibility index (Phi) is 13.6. The van der Waals surface area contributed by atoms with Crippen molar-refractivity contribution in [3.63, 3.8) is 0 Å². The molecule has 0 spiro atoms. The molecule has 4 heterocycles. The smallest absolute Gasteiger partial charge is 0.261 e. The maximum Gasteiger partial charge on any atom is 0.261 e. The molecule has 19 heteroatoms. The van der Waals surface area contributed by atoms with Crippen molar-refractivity contribution < 1.29 is 31.1 Å². The number of ether oxygens (including phenoxy) is 2. The molecule has 6 aromatic carbocycles. The van der Waals surface area contributed by atoms with Crippen LogP contribution in [0.2, 0.25) is 0 Å². The zero-order valence-electron chi connectivity index (χ0n) is 39.5. The van der Waals surface area contributed by atoms with E-state index in [0.29, 0.717) is 68.1 Å². The number of allylic oxidation sites excluding steroid dienone is 2. The standard InChI is InChI=1S/C55H44N10O7S2/c1-64-35-60-49-52(64)56-33-58-54(49)71-43-27-13-37(14-28-43)17-31-47(39-19-23-41(24-20-39)62-73(67,68)45-9-5-3-6-10-45)51(66)48(40-21-25-42(26-22-40)63-74(69,70)46-11-7-4-8-12-46)32-18-38-15-29-44(30-16-38)72-55-50-53(57-34-59-55)65(2)36-61-50/h3-36,47-48,62-63H,1-2H3/b31-17+,32-18+. The van der Waals surface area contributed by atoms with Gasteiger partial charge in [0.15, 0.2) is 28.1 Å². The molecule has 0 bridgehead atoms. The van der Waals surface area contributed by atoms with Crippen LogP contribution < -0.4 is 18.9 Å². The summed E-state index contributed by atoms with van der Waals surface area (Å²) in [5.74, 6) is -0.390. The molecule has 4 aromatic heterocycles. The predicted octanol–water partition coefficient (Wildman–Crippen LogP) is 10.1. The van der Waals surface area contributed by atoms with Gasteiger partial charge >= 0.3 is 0 Å². The number of hydrogen-bond acceptors (Lipinski definition) is 13. The van der Waals surface area contributed by atoms with Gasteiger partial charge in [0.25, 0.3) is 31.8 Å². The normalized spacial score (nSPS) is 12.8. The molecule has 17 nitrogen and oxygen atoms in total. The van der Waals surface area contributed by atoms with Crippen LogP contribution in [0, 0.1) is 0 Å². The van der Waals surface area contributed by atoms with Crippen LogP contribution >= 0.6 is 0 Å². The second-order valence-corrected chi connectivity index (χ2v) is 20.3. The summed E-state index contributed by atoms with van der Waals surface area (Å²) < 4.78 is 74.1. The van der Waals surface area contributed by atoms with Crippen LogP contribution in [0.25, 0.3) is 34.5 Å². The van der Waals surface area contributed by atoms with Crippen molar-refractivity contribution in [3.05, 3.63) is 217 Å². The molecule has 2 N–H and O–H groups in total. The van der Waals surface area contributed by atoms with Gasteiger partial charge in [0.05, 0.1) is 34.3 Å². The van der Waals surface area contributed by atoms with E-state index in [2.05, 4.69) is 39.3 Å². The summed E-state index contributed by atoms with van der Waals surface area (Å²) in [6.45, 7) is 0. The minimum absolute atomic E-state index is 0.103. The third kappa shape index (κ3) is 10.8. The number of carbonyl (C=O) groups excluding carboxylic acids is 1. The molecule has 0 fully saturated rings. The summed E-state index contributed by atoms with van der Waals surface area (Å²) in [7, 11) is -4.15. The Labute approximate surface area is 425 Å². The summed E-state index contributed by atoms with van der Waals surface area (Å²) in [6, 6.07) is 43.9. The Morgan fingerprint density at radius 1 is 0.486 bits per heavy atom. The fourth-order valence-corrected chi connectivity index (χ4v) is 10.2. The number of aryl methyl sites for hydroxylation is 2. The van der Waals surface area contributed by atoms with Crippen molar-refractivity contribution in [2.75, 3.05) is 9.44 Å². The SMILES string of the molecule is Cn1cnc2c(Oc3ccc(/C=C/C(C(=O)C(/C=C/c4ccc(Oc5ncnc6c5ncn6C)cc4)c4ccc(NS(=O)(=O)c5ccccc5)cc4)c4ccc(NS(=O)(=O)c5ccccc5)cc4)cc3)ncnc21. The predicted molar refractivity (Wildman–Crippen MR) is 282 cm³/mol. The minimum Gasteiger partial charge on any atom is -0.437 e. The van der Waals surface area contributed by atoms with E-state index in [9.17, 15) is 16.8 Å². The highest BCUT2D eigenvalue weighted by molar-refractivity contribution is 7.93. The molecule has 0 saturated carbocycles. The summed E-state index contributed by atoms with van der Waals surface area (Å²) in [4.78, 5) is 41.5. The fraction of sp³-hybridized carbons (Fsp3) is 0.0727. The number of carbonyl (C=O) groups is 1. The third-order valence-electron chi connectivity index (χ3n) is 11.8. The Morgan fingerprint density at radius 2 is 0.865 bits per heavy atom. The molecular formula is C55H44N10O7S2. The highest BCUT2D eigenvalue weighted by Crippen LogP contribution is 2.34. The first-order chi connectivity index (χ1) is 35.9. The number of rotatable bonds is 18. The fourth-order valence-electron chi connectivity index (χ4n) is 8.01. The molecule has 74 heavy (non-hydrogen) atoms. The van der Waals surface area contributed by atoms with Crippen molar-refractivity contribution in [1.29, 1.82) is 0 Å². The molecule has 10 aromatic rings. The molecule has 2 unspecified atom stereocenters. The van der Waals surface area contributed by atoms with Gasteiger partial charge in [-0.2, -0.15) is 9.97 Å². The lowest BCUT2D eigenvalue weighted by Gasteiger charge is -2.20. The van der Waals surface area contributed by atoms with Crippen LogP contribution in [0.15, 0.2) is 205 Å². The summed E-state index contributed by atoms with van der Waals surface area (Å²) >= 11 is 0. The number of nitrogens with one attached hydrogen (secondary N) is 2. The Morgan fingerprint density at radius 3 is 1.24 bits per heavy atom. The number of aromatic nitrogens is 8. The zero-order valence-corrected chi connectivity index (χ0v) is 41.2. The number of hydrogen-bond donors (Lipinski definition) is 2. The van der Waals surface area contributed by atoms with Crippen LogP contribution in [-0.4, -0.2) is 61.7 Å². The summed E-state index contributed by atoms with van der Waals surface area (Å²) in [5.41, 5.74) is 5.55. The van der Waals surface area contributed by atoms with E-state index in [4.69, 9.17) is 9.47 Å². The largest absolute Gasteiger partial charge is 0.437 e. The van der Waals surface area contributed by atoms with Crippen molar-refractivity contribution in [2.45, 2.75) is 21.6 Å². The molecule has 368 valence electrons. The molecule has 0 aliphatic rings. The molecule has 0 amide bonds. The van der Waals surface area contributed by atoms with Gasteiger partial charge in [-0.3, -0.25) is 14.2 Å². The van der Waals surface area contributed by atoms with Gasteiger partial charge in [-0.1, -0.05) is 109 Å². The number of nitrogens with zero attached hydrogens (tertiary/aromatic N) is 8. The molecule has 0 radical (unpaired) electrons. The van der Waals surface area contributed by atoms with Gasteiger partial charge in [-0.05, 0) is 95.1 Å². The number of sulfonamides is 2. The van der Waals surface area contributed by atoms with Crippen LogP contribution in [-0.2, 0) is 38.9 Å². The first-order valence-electron chi connectivity index (χ1n) is 22.9. The van der Waals surface area contributed by atoms with E-state index in [0.717, 1.165) is 11.1 Å². The highest BCUT2D eigenvalue weighted by atomic mass is 32.2. The van der Waals surface area contributed by atoms with E-state index < -0.39 is 31.9 Å². The average Bonchev–Trinajstić information content (AvgIpc) is 4.00. The Hall–Kier alpha value is -9.33. The lowest BCUT2D eigenvalue weighted by Crippen LogP contribution is -2.19. The number of benzene rings is 6. The molecule has 10 rings (SSSR count). The lowest BCUT2D eigenvalue weighted by atomic mass is 9.82. The topological polar surface area (TPSA) is 215 Å². The van der Waals surface area contributed by atoms with Gasteiger partial charge in [0.2, 0.25) is 0 Å². The maximum absolute atomic E-state index is 15.4. The molecule has 2 atom stereocenters. The van der Waals surface area contributed by atoms with Gasteiger partial charge in [0, 0.05) is 25.5 Å². The molecule has 0 aliphatic heterocycles. The number of imidazole rings is 2. The van der Waals surface area contributed by atoms with Gasteiger partial charge in [0.1, 0.15) is 24.2 Å². The van der Waals surface area contributed by atoms with E-state index in [1.54, 1.807) is 143 Å². The van der Waals surface area contributed by atoms with Crippen LogP contribution in [0.4, 0.5) is 11.4 Å². The van der Waals surface area contributed by atoms with Crippen molar-refractivity contribution in [2.24, 2.45) is 14.1 Å². The van der Waals surface area contributed by atoms with Crippen LogP contribution in [0.3, 0.4) is 0 Å². The van der Waals surface area contributed by atoms with Gasteiger partial charge in [-0.25, -0.2) is 36.8 Å². The van der Waals surface area contributed by atoms with Gasteiger partial charge < -0.3 is 18.6 Å². The van der Waals surface area contributed by atoms with Crippen LogP contribution in [0.1, 0.15) is 34.1 Å². The van der Waals surface area contributed by atoms with E-state index in [1.807, 2.05) is 50.5 Å². The number of anilines is 2. The average molecular weight is 1020 g/mol. The Bertz CT molecular complexity index is 3650. The van der Waals surface area contributed by atoms with E-state index in [1.165, 1.54) is 36.9 Å². The van der Waals surface area contributed by atoms with Crippen molar-refractivity contribution >= 4 is 71.7 Å². The van der Waals surface area contributed by atoms with Crippen molar-refractivity contribution in [1.82, 2.24) is 39.0 Å². The molecule has 0 saturated heterocycles. The minimum atomic E-state index is -3.91. The first-order valence-corrected chi connectivity index (χ1v) is 25.9. The monoisotopic (exact) mass is 1020 g/mol. The van der Waals surface area contributed by atoms with Crippen molar-refractivity contribution in [3.8, 4) is 23.3 Å². The number of fused-ring (bicyclic) bond motifs is 2. The maximum atomic E-state index is 15.4. The van der Waals surface area contributed by atoms with Gasteiger partial charge in [-0.15, -0.1) is 0 Å². The highest BCUT2D eigenvalue weighted by Gasteiger charge is 2.27. The first kappa shape index (κ1) is 48.3. The quantitative estimate of drug-likeness (QED) is 0.0819. The number of ketones is 1. The molecule has 0 aliphatic carbocycles.